The van der Waals surface area contributed by atoms with Crippen LogP contribution in [0.2, 0.25) is 0 Å². The summed E-state index contributed by atoms with van der Waals surface area (Å²) in [7, 11) is 0. The Balaban J connectivity index is 0.907. The molecule has 0 aromatic heterocycles. The lowest BCUT2D eigenvalue weighted by Crippen LogP contribution is -2.15. The number of carbonyl (C=O) groups is 2. The number of hydrogen-bond acceptors (Lipinski definition) is 10. The van der Waals surface area contributed by atoms with E-state index in [9.17, 15) is 9.59 Å². The lowest BCUT2D eigenvalue weighted by atomic mass is 10.1. The van der Waals surface area contributed by atoms with Crippen LogP contribution < -0.4 is 18.9 Å². The Morgan fingerprint density at radius 1 is 0.393 bits per heavy atom. The Kier molecular flexibility index (Phi) is 23.9. The molecule has 4 rings (SSSR count). The van der Waals surface area contributed by atoms with Gasteiger partial charge in [-0.05, 0) is 147 Å². The van der Waals surface area contributed by atoms with Crippen LogP contribution in [0.15, 0.2) is 107 Å². The predicted octanol–water partition coefficient (Wildman–Crippen LogP) is 12.4. The zero-order chi connectivity index (χ0) is 43.0. The van der Waals surface area contributed by atoms with Crippen LogP contribution in [0.1, 0.15) is 121 Å². The summed E-state index contributed by atoms with van der Waals surface area (Å²) < 4.78 is 33.7. The second-order valence-electron chi connectivity index (χ2n) is 14.9. The fourth-order valence-electron chi connectivity index (χ4n) is 5.96. The molecule has 0 saturated heterocycles. The first-order valence-electron chi connectivity index (χ1n) is 22.3. The lowest BCUT2D eigenvalue weighted by molar-refractivity contribution is -0.154. The van der Waals surface area contributed by atoms with Crippen molar-refractivity contribution in [3.8, 4) is 23.0 Å². The number of esters is 2. The van der Waals surface area contributed by atoms with Gasteiger partial charge >= 0.3 is 11.9 Å². The largest absolute Gasteiger partial charge is 0.494 e. The highest BCUT2D eigenvalue weighted by Crippen LogP contribution is 2.21. The van der Waals surface area contributed by atoms with E-state index in [1.54, 1.807) is 0 Å². The average molecular weight is 835 g/mol. The molecule has 0 aliphatic rings. The van der Waals surface area contributed by atoms with E-state index in [1.807, 2.05) is 109 Å². The van der Waals surface area contributed by atoms with Gasteiger partial charge in [0.2, 0.25) is 0 Å². The number of benzene rings is 4. The van der Waals surface area contributed by atoms with Crippen LogP contribution in [-0.2, 0) is 19.1 Å². The first kappa shape index (κ1) is 48.0. The van der Waals surface area contributed by atoms with Crippen LogP contribution in [0.25, 0.3) is 0 Å². The Morgan fingerprint density at radius 3 is 1.03 bits per heavy atom. The van der Waals surface area contributed by atoms with Gasteiger partial charge in [0.05, 0.1) is 51.0 Å². The molecule has 4 aromatic carbocycles. The van der Waals surface area contributed by atoms with E-state index >= 15 is 0 Å². The molecule has 10 nitrogen and oxygen atoms in total. The van der Waals surface area contributed by atoms with Crippen LogP contribution in [0.3, 0.4) is 0 Å². The molecule has 0 unspecified atom stereocenters. The predicted molar refractivity (Wildman–Crippen MR) is 245 cm³/mol. The quantitative estimate of drug-likeness (QED) is 0.0207. The third-order valence-electron chi connectivity index (χ3n) is 9.62. The number of aliphatic imine (C=N–C) groups is 2. The third kappa shape index (κ3) is 22.0. The lowest BCUT2D eigenvalue weighted by Gasteiger charge is -2.08. The fraction of sp³-hybridized carbons (Fsp3) is 0.451. The molecule has 0 aliphatic carbocycles. The average Bonchev–Trinajstić information content (AvgIpc) is 3.28. The summed E-state index contributed by atoms with van der Waals surface area (Å²) in [6, 6.07) is 31.4. The highest BCUT2D eigenvalue weighted by Gasteiger charge is 2.12. The molecular weight excluding hydrogens is 769 g/mol. The summed E-state index contributed by atoms with van der Waals surface area (Å²) in [5.74, 6) is 2.34. The van der Waals surface area contributed by atoms with E-state index in [4.69, 9.17) is 28.4 Å². The van der Waals surface area contributed by atoms with Gasteiger partial charge in [0, 0.05) is 12.4 Å². The van der Waals surface area contributed by atoms with Gasteiger partial charge in [0.1, 0.15) is 29.4 Å². The molecule has 0 heterocycles. The maximum atomic E-state index is 12.0. The van der Waals surface area contributed by atoms with E-state index in [0.29, 0.717) is 26.4 Å². The van der Waals surface area contributed by atoms with Crippen molar-refractivity contribution in [2.45, 2.75) is 110 Å². The molecule has 10 heteroatoms. The van der Waals surface area contributed by atoms with Crippen molar-refractivity contribution < 1.29 is 38.0 Å². The van der Waals surface area contributed by atoms with E-state index in [0.717, 1.165) is 149 Å². The van der Waals surface area contributed by atoms with Gasteiger partial charge in [-0.1, -0.05) is 65.2 Å². The summed E-state index contributed by atoms with van der Waals surface area (Å²) >= 11 is 0. The Labute approximate surface area is 363 Å². The van der Waals surface area contributed by atoms with Gasteiger partial charge in [0.25, 0.3) is 0 Å². The second-order valence-corrected chi connectivity index (χ2v) is 14.9. The van der Waals surface area contributed by atoms with E-state index < -0.39 is 11.9 Å². The van der Waals surface area contributed by atoms with Crippen molar-refractivity contribution in [3.63, 3.8) is 0 Å². The van der Waals surface area contributed by atoms with Gasteiger partial charge < -0.3 is 28.4 Å². The van der Waals surface area contributed by atoms with Crippen molar-refractivity contribution in [3.05, 3.63) is 108 Å². The summed E-state index contributed by atoms with van der Waals surface area (Å²) in [5, 5.41) is 0. The molecule has 328 valence electrons. The summed E-state index contributed by atoms with van der Waals surface area (Å²) in [6.07, 6.45) is 17.1. The molecular formula is C51H66N2O8. The Hall–Kier alpha value is -5.64. The first-order valence-corrected chi connectivity index (χ1v) is 22.3. The van der Waals surface area contributed by atoms with Crippen molar-refractivity contribution in [2.75, 3.05) is 39.6 Å². The zero-order valence-electron chi connectivity index (χ0n) is 36.4. The minimum absolute atomic E-state index is 0.312. The number of unbranched alkanes of at least 4 members (excludes halogenated alkanes) is 10. The Bertz CT molecular complexity index is 1690. The molecule has 0 atom stereocenters. The highest BCUT2D eigenvalue weighted by molar-refractivity contribution is 5.91. The molecule has 4 aromatic rings. The van der Waals surface area contributed by atoms with Crippen molar-refractivity contribution in [1.29, 1.82) is 0 Å². The van der Waals surface area contributed by atoms with Gasteiger partial charge in [0.15, 0.2) is 0 Å². The van der Waals surface area contributed by atoms with E-state index in [2.05, 4.69) is 23.8 Å². The molecule has 0 aliphatic heterocycles. The van der Waals surface area contributed by atoms with Gasteiger partial charge in [-0.3, -0.25) is 19.6 Å². The summed E-state index contributed by atoms with van der Waals surface area (Å²) in [4.78, 5) is 33.2. The van der Waals surface area contributed by atoms with Crippen LogP contribution in [-0.4, -0.2) is 64.0 Å². The summed E-state index contributed by atoms with van der Waals surface area (Å²) in [6.45, 7) is 7.68. The normalized spacial score (nSPS) is 11.2. The highest BCUT2D eigenvalue weighted by atomic mass is 16.6. The first-order chi connectivity index (χ1) is 30.0. The molecule has 0 N–H and O–H groups in total. The molecule has 0 bridgehead atoms. The van der Waals surface area contributed by atoms with Gasteiger partial charge in [-0.15, -0.1) is 0 Å². The minimum Gasteiger partial charge on any atom is -0.494 e. The topological polar surface area (TPSA) is 114 Å². The number of hydrogen-bond donors (Lipinski definition) is 0. The number of ether oxygens (including phenoxy) is 6. The second kappa shape index (κ2) is 30.4. The smallest absolute Gasteiger partial charge is 0.317 e. The van der Waals surface area contributed by atoms with Gasteiger partial charge in [-0.2, -0.15) is 0 Å². The van der Waals surface area contributed by atoms with Crippen molar-refractivity contribution >= 4 is 35.7 Å². The van der Waals surface area contributed by atoms with Crippen molar-refractivity contribution in [2.24, 2.45) is 9.98 Å². The molecule has 61 heavy (non-hydrogen) atoms. The Morgan fingerprint density at radius 2 is 0.689 bits per heavy atom. The number of nitrogens with zero attached hydrogens (tertiary/aromatic N) is 2. The molecule has 0 fully saturated rings. The zero-order valence-corrected chi connectivity index (χ0v) is 36.4. The SMILES string of the molecule is CCCCOc1ccc(N=Cc2ccc(OCCCCCCCOC(=O)CC(=O)OCCCCCCCOc3ccc(C=Nc4ccc(OCCCC)cc4)cc3)cc2)cc1. The van der Waals surface area contributed by atoms with Crippen molar-refractivity contribution in [1.82, 2.24) is 0 Å². The maximum absolute atomic E-state index is 12.0. The van der Waals surface area contributed by atoms with E-state index in [-0.39, 0.29) is 6.42 Å². The number of carbonyl (C=O) groups excluding carboxylic acids is 2. The standard InChI is InChI=1S/C51H66N2O8/c1-3-5-33-56-48-29-21-44(22-30-48)52-40-42-17-25-46(26-18-42)58-35-13-9-7-11-15-37-60-50(54)39-51(55)61-38-16-12-8-10-14-36-59-47-27-19-43(20-28-47)41-53-45-23-31-49(32-24-45)57-34-6-4-2/h17-32,40-41H,3-16,33-39H2,1-2H3. The molecule has 0 saturated carbocycles. The third-order valence-corrected chi connectivity index (χ3v) is 9.62. The maximum Gasteiger partial charge on any atom is 0.317 e. The molecule has 0 spiro atoms. The molecule has 0 amide bonds. The minimum atomic E-state index is -0.532. The van der Waals surface area contributed by atoms with Crippen LogP contribution in [0, 0.1) is 0 Å². The fourth-order valence-corrected chi connectivity index (χ4v) is 5.96. The van der Waals surface area contributed by atoms with Gasteiger partial charge in [-0.25, -0.2) is 0 Å². The molecule has 0 radical (unpaired) electrons. The summed E-state index contributed by atoms with van der Waals surface area (Å²) in [5.41, 5.74) is 3.76. The van der Waals surface area contributed by atoms with Crippen LogP contribution in [0.5, 0.6) is 23.0 Å². The number of rotatable bonds is 32. The van der Waals surface area contributed by atoms with Crippen LogP contribution in [0.4, 0.5) is 11.4 Å². The van der Waals surface area contributed by atoms with Crippen LogP contribution >= 0.6 is 0 Å². The monoisotopic (exact) mass is 834 g/mol. The van der Waals surface area contributed by atoms with E-state index in [1.165, 1.54) is 0 Å².